The average molecular weight is 281 g/mol. The summed E-state index contributed by atoms with van der Waals surface area (Å²) in [5.74, 6) is -0.516. The fourth-order valence-corrected chi connectivity index (χ4v) is 1.71. The molecule has 1 amide bonds. The van der Waals surface area contributed by atoms with Crippen molar-refractivity contribution in [3.63, 3.8) is 0 Å². The van der Waals surface area contributed by atoms with Crippen LogP contribution in [-0.4, -0.2) is 17.5 Å². The smallest absolute Gasteiger partial charge is 0.408 e. The maximum Gasteiger partial charge on any atom is 0.408 e. The van der Waals surface area contributed by atoms with Crippen LogP contribution in [0.2, 0.25) is 0 Å². The number of halogens is 1. The van der Waals surface area contributed by atoms with Gasteiger partial charge in [0.15, 0.2) is 0 Å². The Morgan fingerprint density at radius 3 is 2.50 bits per heavy atom. The second-order valence-electron chi connectivity index (χ2n) is 5.66. The van der Waals surface area contributed by atoms with Gasteiger partial charge in [0, 0.05) is 6.42 Å². The van der Waals surface area contributed by atoms with Crippen LogP contribution in [0.4, 0.5) is 9.18 Å². The van der Waals surface area contributed by atoms with Crippen LogP contribution in [0.25, 0.3) is 0 Å². The van der Waals surface area contributed by atoms with Crippen molar-refractivity contribution in [1.82, 2.24) is 5.32 Å². The van der Waals surface area contributed by atoms with Crippen molar-refractivity contribution in [1.29, 1.82) is 0 Å². The van der Waals surface area contributed by atoms with Gasteiger partial charge in [0.2, 0.25) is 0 Å². The Labute approximate surface area is 118 Å². The Morgan fingerprint density at radius 2 is 2.00 bits per heavy atom. The summed E-state index contributed by atoms with van der Waals surface area (Å²) in [5.41, 5.74) is -0.0988. The number of rotatable bonds is 4. The number of Topliss-reactive ketones (excluding diaryl/α,β-unsaturated/α-hetero) is 1. The number of carbonyl (C=O) groups is 2. The predicted molar refractivity (Wildman–Crippen MR) is 73.8 cm³/mol. The minimum atomic E-state index is -0.632. The van der Waals surface area contributed by atoms with Crippen LogP contribution in [0.15, 0.2) is 24.3 Å². The van der Waals surface area contributed by atoms with Crippen molar-refractivity contribution in [3.8, 4) is 0 Å². The highest BCUT2D eigenvalue weighted by Crippen LogP contribution is 2.19. The average Bonchev–Trinajstić information content (AvgIpc) is 2.24. The highest BCUT2D eigenvalue weighted by Gasteiger charge is 2.21. The first-order valence-corrected chi connectivity index (χ1v) is 6.42. The molecule has 1 aromatic carbocycles. The van der Waals surface area contributed by atoms with Crippen molar-refractivity contribution in [2.45, 2.75) is 45.8 Å². The van der Waals surface area contributed by atoms with Gasteiger partial charge in [0.05, 0.1) is 6.04 Å². The predicted octanol–water partition coefficient (Wildman–Crippen LogP) is 3.37. The van der Waals surface area contributed by atoms with Gasteiger partial charge in [-0.3, -0.25) is 4.79 Å². The largest absolute Gasteiger partial charge is 0.444 e. The third-order valence-corrected chi connectivity index (χ3v) is 2.43. The summed E-state index contributed by atoms with van der Waals surface area (Å²) < 4.78 is 18.4. The van der Waals surface area contributed by atoms with E-state index in [4.69, 9.17) is 4.74 Å². The fraction of sp³-hybridized carbons (Fsp3) is 0.467. The number of alkyl carbamates (subject to hydrolysis) is 1. The normalized spacial score (nSPS) is 12.7. The lowest BCUT2D eigenvalue weighted by molar-refractivity contribution is -0.117. The lowest BCUT2D eigenvalue weighted by Crippen LogP contribution is -2.35. The van der Waals surface area contributed by atoms with E-state index in [9.17, 15) is 14.0 Å². The molecule has 0 heterocycles. The van der Waals surface area contributed by atoms with Crippen molar-refractivity contribution in [2.24, 2.45) is 0 Å². The second kappa shape index (κ2) is 6.50. The van der Waals surface area contributed by atoms with Crippen molar-refractivity contribution < 1.29 is 18.7 Å². The lowest BCUT2D eigenvalue weighted by Gasteiger charge is -2.23. The van der Waals surface area contributed by atoms with Crippen LogP contribution >= 0.6 is 0 Å². The van der Waals surface area contributed by atoms with Gasteiger partial charge in [0.1, 0.15) is 17.2 Å². The van der Waals surface area contributed by atoms with Gasteiger partial charge in [0.25, 0.3) is 0 Å². The van der Waals surface area contributed by atoms with Crippen molar-refractivity contribution in [2.75, 3.05) is 0 Å². The molecule has 1 aromatic rings. The number of nitrogens with one attached hydrogen (secondary N) is 1. The first-order valence-electron chi connectivity index (χ1n) is 6.42. The molecule has 1 N–H and O–H groups in total. The number of carbonyl (C=O) groups excluding carboxylic acids is 2. The Balaban J connectivity index is 2.85. The summed E-state index contributed by atoms with van der Waals surface area (Å²) in [4.78, 5) is 23.1. The van der Waals surface area contributed by atoms with E-state index in [1.807, 2.05) is 0 Å². The summed E-state index contributed by atoms with van der Waals surface area (Å²) >= 11 is 0. The van der Waals surface area contributed by atoms with E-state index in [0.717, 1.165) is 0 Å². The zero-order valence-corrected chi connectivity index (χ0v) is 12.2. The molecule has 0 aliphatic heterocycles. The number of ketones is 1. The molecule has 0 bridgehead atoms. The molecule has 0 aromatic heterocycles. The summed E-state index contributed by atoms with van der Waals surface area (Å²) in [6, 6.07) is 5.20. The number of ether oxygens (including phenoxy) is 1. The first-order chi connectivity index (χ1) is 9.17. The van der Waals surface area contributed by atoms with Crippen LogP contribution in [0.5, 0.6) is 0 Å². The minimum Gasteiger partial charge on any atom is -0.444 e. The molecule has 0 saturated heterocycles. The van der Waals surface area contributed by atoms with Gasteiger partial charge >= 0.3 is 6.09 Å². The number of hydrogen-bond acceptors (Lipinski definition) is 3. The Kier molecular flexibility index (Phi) is 5.25. The van der Waals surface area contributed by atoms with E-state index in [1.165, 1.54) is 25.1 Å². The highest BCUT2D eigenvalue weighted by molar-refractivity contribution is 5.77. The first kappa shape index (κ1) is 16.1. The molecule has 0 fully saturated rings. The SMILES string of the molecule is CC(=O)C[C@H](NC(=O)OC(C)(C)C)c1cccc(F)c1. The zero-order valence-electron chi connectivity index (χ0n) is 12.2. The van der Waals surface area contributed by atoms with Crippen LogP contribution in [-0.2, 0) is 9.53 Å². The molecule has 0 saturated carbocycles. The molecule has 0 unspecified atom stereocenters. The molecular weight excluding hydrogens is 261 g/mol. The molecule has 1 rings (SSSR count). The van der Waals surface area contributed by atoms with Crippen LogP contribution in [0.1, 0.15) is 45.7 Å². The Hall–Kier alpha value is -1.91. The monoisotopic (exact) mass is 281 g/mol. The van der Waals surface area contributed by atoms with E-state index >= 15 is 0 Å². The topological polar surface area (TPSA) is 55.4 Å². The Morgan fingerprint density at radius 1 is 1.35 bits per heavy atom. The zero-order chi connectivity index (χ0) is 15.3. The molecule has 110 valence electrons. The fourth-order valence-electron chi connectivity index (χ4n) is 1.71. The van der Waals surface area contributed by atoms with E-state index in [0.29, 0.717) is 5.56 Å². The highest BCUT2D eigenvalue weighted by atomic mass is 19.1. The van der Waals surface area contributed by atoms with Gasteiger partial charge in [-0.05, 0) is 45.4 Å². The molecule has 0 radical (unpaired) electrons. The third-order valence-electron chi connectivity index (χ3n) is 2.43. The summed E-state index contributed by atoms with van der Waals surface area (Å²) in [7, 11) is 0. The summed E-state index contributed by atoms with van der Waals surface area (Å²) in [6.07, 6.45) is -0.545. The third kappa shape index (κ3) is 5.82. The molecule has 4 nitrogen and oxygen atoms in total. The van der Waals surface area contributed by atoms with E-state index < -0.39 is 23.6 Å². The number of benzene rings is 1. The molecule has 5 heteroatoms. The van der Waals surface area contributed by atoms with Gasteiger partial charge in [-0.2, -0.15) is 0 Å². The minimum absolute atomic E-state index is 0.0860. The van der Waals surface area contributed by atoms with Gasteiger partial charge in [-0.25, -0.2) is 9.18 Å². The quantitative estimate of drug-likeness (QED) is 0.920. The van der Waals surface area contributed by atoms with Gasteiger partial charge in [-0.15, -0.1) is 0 Å². The molecule has 0 spiro atoms. The number of amides is 1. The summed E-state index contributed by atoms with van der Waals surface area (Å²) in [6.45, 7) is 6.65. The molecule has 20 heavy (non-hydrogen) atoms. The Bertz CT molecular complexity index is 494. The van der Waals surface area contributed by atoms with Crippen molar-refractivity contribution in [3.05, 3.63) is 35.6 Å². The number of hydrogen-bond donors (Lipinski definition) is 1. The standard InChI is InChI=1S/C15H20FNO3/c1-10(18)8-13(11-6-5-7-12(16)9-11)17-14(19)20-15(2,3)4/h5-7,9,13H,8H2,1-4H3,(H,17,19)/t13-/m0/s1. The van der Waals surface area contributed by atoms with E-state index in [2.05, 4.69) is 5.32 Å². The van der Waals surface area contributed by atoms with E-state index in [-0.39, 0.29) is 12.2 Å². The molecule has 0 aliphatic rings. The molecule has 0 aliphatic carbocycles. The van der Waals surface area contributed by atoms with Crippen LogP contribution < -0.4 is 5.32 Å². The molecule has 1 atom stereocenters. The van der Waals surface area contributed by atoms with E-state index in [1.54, 1.807) is 26.8 Å². The van der Waals surface area contributed by atoms with Crippen LogP contribution in [0, 0.1) is 5.82 Å². The van der Waals surface area contributed by atoms with Gasteiger partial charge < -0.3 is 10.1 Å². The maximum atomic E-state index is 13.2. The van der Waals surface area contributed by atoms with Crippen LogP contribution in [0.3, 0.4) is 0 Å². The molecular formula is C15H20FNO3. The lowest BCUT2D eigenvalue weighted by atomic mass is 10.0. The van der Waals surface area contributed by atoms with Crippen molar-refractivity contribution >= 4 is 11.9 Å². The second-order valence-corrected chi connectivity index (χ2v) is 5.66. The van der Waals surface area contributed by atoms with Gasteiger partial charge in [-0.1, -0.05) is 12.1 Å². The summed E-state index contributed by atoms with van der Waals surface area (Å²) in [5, 5.41) is 2.60. The maximum absolute atomic E-state index is 13.2.